The second-order valence-electron chi connectivity index (χ2n) is 8.87. The lowest BCUT2D eigenvalue weighted by Crippen LogP contribution is -2.37. The molecule has 0 N–H and O–H groups in total. The second-order valence-corrected chi connectivity index (χ2v) is 8.87. The van der Waals surface area contributed by atoms with Crippen molar-refractivity contribution in [2.24, 2.45) is 0 Å². The van der Waals surface area contributed by atoms with Crippen molar-refractivity contribution in [1.82, 2.24) is 0 Å². The van der Waals surface area contributed by atoms with E-state index in [0.29, 0.717) is 0 Å². The lowest BCUT2D eigenvalue weighted by molar-refractivity contribution is 0.549. The minimum atomic E-state index is -0.258. The first kappa shape index (κ1) is 21.9. The van der Waals surface area contributed by atoms with Gasteiger partial charge in [-0.2, -0.15) is 0 Å². The Labute approximate surface area is 213 Å². The molecule has 1 heterocycles. The first-order valence-electron chi connectivity index (χ1n) is 12.3. The molecule has 1 nitrogen and oxygen atoms in total. The van der Waals surface area contributed by atoms with Crippen LogP contribution in [0.5, 0.6) is 0 Å². The number of hydrogen-bond donors (Lipinski definition) is 0. The predicted molar refractivity (Wildman–Crippen MR) is 152 cm³/mol. The van der Waals surface area contributed by atoms with Crippen LogP contribution in [0.2, 0.25) is 0 Å². The number of allylic oxidation sites excluding steroid dienone is 2. The van der Waals surface area contributed by atoms with E-state index < -0.39 is 0 Å². The van der Waals surface area contributed by atoms with Gasteiger partial charge in [0, 0.05) is 11.1 Å². The van der Waals surface area contributed by atoms with Crippen LogP contribution >= 0.6 is 0 Å². The molecule has 0 saturated heterocycles. The molecule has 6 rings (SSSR count). The van der Waals surface area contributed by atoms with Gasteiger partial charge in [-0.1, -0.05) is 152 Å². The Balaban J connectivity index is 1.76. The first-order valence-corrected chi connectivity index (χ1v) is 12.3. The highest BCUT2D eigenvalue weighted by Gasteiger charge is 2.38. The summed E-state index contributed by atoms with van der Waals surface area (Å²) in [7, 11) is 0. The van der Waals surface area contributed by atoms with E-state index in [2.05, 4.69) is 146 Å². The lowest BCUT2D eigenvalue weighted by Gasteiger charge is -2.33. The van der Waals surface area contributed by atoms with Crippen LogP contribution in [0, 0.1) is 0 Å². The highest BCUT2D eigenvalue weighted by Crippen LogP contribution is 2.47. The average Bonchev–Trinajstić information content (AvgIpc) is 2.98. The second kappa shape index (κ2) is 9.97. The van der Waals surface area contributed by atoms with Crippen molar-refractivity contribution in [2.45, 2.75) is 0 Å². The molecule has 0 atom stereocenters. The van der Waals surface area contributed by atoms with Gasteiger partial charge in [0.2, 0.25) is 0 Å². The SMILES string of the molecule is c1ccc(B2OC(c3ccccc3)=C(c3ccccc3)C(c3ccccc3)=C2c2ccccc2)cc1. The molecule has 0 spiro atoms. The van der Waals surface area contributed by atoms with Crippen molar-refractivity contribution in [1.29, 1.82) is 0 Å². The van der Waals surface area contributed by atoms with E-state index >= 15 is 0 Å². The first-order chi connectivity index (χ1) is 17.9. The van der Waals surface area contributed by atoms with E-state index in [4.69, 9.17) is 4.65 Å². The minimum absolute atomic E-state index is 0.258. The van der Waals surface area contributed by atoms with Crippen molar-refractivity contribution in [3.8, 4) is 0 Å². The maximum atomic E-state index is 7.07. The molecule has 0 amide bonds. The molecule has 0 aromatic heterocycles. The van der Waals surface area contributed by atoms with Crippen molar-refractivity contribution in [2.75, 3.05) is 0 Å². The summed E-state index contributed by atoms with van der Waals surface area (Å²) in [5, 5.41) is 0. The van der Waals surface area contributed by atoms with Gasteiger partial charge < -0.3 is 4.65 Å². The Hall–Kier alpha value is -4.56. The molecule has 0 saturated carbocycles. The van der Waals surface area contributed by atoms with E-state index in [1.807, 2.05) is 6.07 Å². The molecule has 0 unspecified atom stereocenters. The van der Waals surface area contributed by atoms with Gasteiger partial charge in [-0.3, -0.25) is 0 Å². The molecule has 5 aromatic carbocycles. The predicted octanol–water partition coefficient (Wildman–Crippen LogP) is 7.63. The summed E-state index contributed by atoms with van der Waals surface area (Å²) in [5.74, 6) is 0.897. The molecular weight excluding hydrogens is 435 g/mol. The summed E-state index contributed by atoms with van der Waals surface area (Å²) in [5.41, 5.74) is 9.15. The molecule has 0 fully saturated rings. The van der Waals surface area contributed by atoms with E-state index in [1.165, 1.54) is 16.6 Å². The Kier molecular flexibility index (Phi) is 6.08. The fourth-order valence-corrected chi connectivity index (χ4v) is 4.98. The topological polar surface area (TPSA) is 9.23 Å². The molecule has 5 aromatic rings. The van der Waals surface area contributed by atoms with Crippen LogP contribution in [-0.4, -0.2) is 6.92 Å². The van der Waals surface area contributed by atoms with Crippen LogP contribution in [0.25, 0.3) is 22.4 Å². The normalized spacial score (nSPS) is 13.5. The van der Waals surface area contributed by atoms with Crippen LogP contribution in [0.3, 0.4) is 0 Å². The Morgan fingerprint density at radius 1 is 0.361 bits per heavy atom. The van der Waals surface area contributed by atoms with E-state index in [1.54, 1.807) is 0 Å². The molecule has 170 valence electrons. The van der Waals surface area contributed by atoms with Crippen LogP contribution in [0.4, 0.5) is 0 Å². The van der Waals surface area contributed by atoms with Crippen molar-refractivity contribution < 1.29 is 4.65 Å². The summed E-state index contributed by atoms with van der Waals surface area (Å²) >= 11 is 0. The zero-order valence-electron chi connectivity index (χ0n) is 19.9. The Morgan fingerprint density at radius 2 is 0.750 bits per heavy atom. The fraction of sp³-hybridized carbons (Fsp3) is 0. The van der Waals surface area contributed by atoms with Crippen molar-refractivity contribution >= 4 is 34.8 Å². The number of benzene rings is 5. The van der Waals surface area contributed by atoms with Crippen LogP contribution < -0.4 is 5.46 Å². The van der Waals surface area contributed by atoms with E-state index in [0.717, 1.165) is 33.5 Å². The van der Waals surface area contributed by atoms with Gasteiger partial charge >= 0.3 is 6.92 Å². The fourth-order valence-electron chi connectivity index (χ4n) is 4.98. The third-order valence-electron chi connectivity index (χ3n) is 6.59. The largest absolute Gasteiger partial charge is 0.550 e. The third-order valence-corrected chi connectivity index (χ3v) is 6.59. The highest BCUT2D eigenvalue weighted by molar-refractivity contribution is 6.88. The highest BCUT2D eigenvalue weighted by atomic mass is 16.4. The van der Waals surface area contributed by atoms with Gasteiger partial charge in [-0.05, 0) is 33.2 Å². The summed E-state index contributed by atoms with van der Waals surface area (Å²) in [6.07, 6.45) is 0. The van der Waals surface area contributed by atoms with E-state index in [-0.39, 0.29) is 6.92 Å². The zero-order chi connectivity index (χ0) is 24.2. The van der Waals surface area contributed by atoms with Crippen LogP contribution in [-0.2, 0) is 4.65 Å². The van der Waals surface area contributed by atoms with Gasteiger partial charge in [-0.15, -0.1) is 0 Å². The molecule has 1 aliphatic rings. The quantitative estimate of drug-likeness (QED) is 0.245. The van der Waals surface area contributed by atoms with Crippen LogP contribution in [0.1, 0.15) is 22.3 Å². The molecule has 0 radical (unpaired) electrons. The van der Waals surface area contributed by atoms with Gasteiger partial charge in [0.15, 0.2) is 0 Å². The summed E-state index contributed by atoms with van der Waals surface area (Å²) < 4.78 is 7.07. The number of rotatable bonds is 5. The summed E-state index contributed by atoms with van der Waals surface area (Å²) in [4.78, 5) is 0. The molecule has 1 aliphatic heterocycles. The van der Waals surface area contributed by atoms with Gasteiger partial charge in [0.1, 0.15) is 5.76 Å². The molecular formula is C34H25BO. The minimum Gasteiger partial charge on any atom is -0.550 e. The summed E-state index contributed by atoms with van der Waals surface area (Å²) in [6.45, 7) is -0.258. The van der Waals surface area contributed by atoms with Gasteiger partial charge in [-0.25, -0.2) is 0 Å². The molecule has 2 heteroatoms. The maximum absolute atomic E-state index is 7.07. The monoisotopic (exact) mass is 460 g/mol. The third kappa shape index (κ3) is 4.19. The molecule has 0 bridgehead atoms. The smallest absolute Gasteiger partial charge is 0.427 e. The average molecular weight is 460 g/mol. The maximum Gasteiger partial charge on any atom is 0.427 e. The van der Waals surface area contributed by atoms with Crippen molar-refractivity contribution in [3.63, 3.8) is 0 Å². The van der Waals surface area contributed by atoms with Crippen LogP contribution in [0.15, 0.2) is 152 Å². The van der Waals surface area contributed by atoms with Gasteiger partial charge in [0.25, 0.3) is 0 Å². The molecule has 36 heavy (non-hydrogen) atoms. The Morgan fingerprint density at radius 3 is 1.25 bits per heavy atom. The Bertz CT molecular complexity index is 1510. The standard InChI is InChI=1S/C34H25BO/c1-6-16-26(17-7-1)31-32(27-18-8-2-9-19-27)34(29-22-12-4-13-23-29)36-35(30-24-14-5-15-25-30)33(31)28-20-10-3-11-21-28/h1-25H. The lowest BCUT2D eigenvalue weighted by atomic mass is 9.49. The van der Waals surface area contributed by atoms with E-state index in [9.17, 15) is 0 Å². The van der Waals surface area contributed by atoms with Gasteiger partial charge in [0.05, 0.1) is 0 Å². The summed E-state index contributed by atoms with van der Waals surface area (Å²) in [6, 6.07) is 53.0. The number of hydrogen-bond acceptors (Lipinski definition) is 1. The van der Waals surface area contributed by atoms with Crippen molar-refractivity contribution in [3.05, 3.63) is 174 Å². The zero-order valence-corrected chi connectivity index (χ0v) is 19.9. The molecule has 0 aliphatic carbocycles.